The van der Waals surface area contributed by atoms with Crippen LogP contribution in [0.5, 0.6) is 0 Å². The van der Waals surface area contributed by atoms with Crippen molar-refractivity contribution < 1.29 is 9.21 Å². The van der Waals surface area contributed by atoms with Gasteiger partial charge in [0.15, 0.2) is 0 Å². The zero-order valence-corrected chi connectivity index (χ0v) is 11.2. The van der Waals surface area contributed by atoms with E-state index in [4.69, 9.17) is 10.2 Å². The van der Waals surface area contributed by atoms with E-state index in [1.54, 1.807) is 0 Å². The molecule has 4 heteroatoms. The molecule has 0 aliphatic heterocycles. The zero-order valence-electron chi connectivity index (χ0n) is 11.2. The van der Waals surface area contributed by atoms with Crippen LogP contribution in [0.15, 0.2) is 46.9 Å². The third-order valence-electron chi connectivity index (χ3n) is 3.42. The van der Waals surface area contributed by atoms with E-state index in [9.17, 15) is 4.79 Å². The van der Waals surface area contributed by atoms with Gasteiger partial charge >= 0.3 is 0 Å². The third kappa shape index (κ3) is 2.14. The van der Waals surface area contributed by atoms with Crippen LogP contribution in [0, 0.1) is 0 Å². The molecule has 3 rings (SSSR count). The third-order valence-corrected chi connectivity index (χ3v) is 3.42. The van der Waals surface area contributed by atoms with Gasteiger partial charge in [-0.1, -0.05) is 25.1 Å². The molecule has 0 unspecified atom stereocenters. The molecule has 0 saturated carbocycles. The smallest absolute Gasteiger partial charge is 0.241 e. The Morgan fingerprint density at radius 2 is 1.95 bits per heavy atom. The number of anilines is 1. The van der Waals surface area contributed by atoms with Crippen molar-refractivity contribution in [1.29, 1.82) is 0 Å². The molecule has 0 spiro atoms. The number of rotatable bonds is 3. The van der Waals surface area contributed by atoms with Gasteiger partial charge in [0.25, 0.3) is 0 Å². The molecule has 1 heterocycles. The molecule has 0 aliphatic carbocycles. The highest BCUT2D eigenvalue weighted by Crippen LogP contribution is 2.30. The van der Waals surface area contributed by atoms with Crippen molar-refractivity contribution in [2.45, 2.75) is 19.4 Å². The van der Waals surface area contributed by atoms with Crippen LogP contribution < -0.4 is 11.1 Å². The van der Waals surface area contributed by atoms with Crippen molar-refractivity contribution in [2.24, 2.45) is 5.73 Å². The van der Waals surface area contributed by atoms with E-state index in [2.05, 4.69) is 5.32 Å². The number of fused-ring (bicyclic) bond motifs is 3. The number of hydrogen-bond acceptors (Lipinski definition) is 3. The largest absolute Gasteiger partial charge is 0.456 e. The molecular formula is C16H16N2O2. The number of amides is 1. The molecule has 1 aromatic heterocycles. The standard InChI is InChI=1S/C16H16N2O2/c1-2-13(17)16(19)18-10-7-8-15-12(9-10)11-5-3-4-6-14(11)20-15/h3-9,13H,2,17H2,1H3,(H,18,19)/t13-/m0/s1. The van der Waals surface area contributed by atoms with Crippen LogP contribution in [-0.4, -0.2) is 11.9 Å². The molecule has 2 aromatic carbocycles. The highest BCUT2D eigenvalue weighted by atomic mass is 16.3. The Labute approximate surface area is 116 Å². The first-order chi connectivity index (χ1) is 9.69. The molecule has 3 aromatic rings. The molecule has 0 saturated heterocycles. The number of carbonyl (C=O) groups is 1. The topological polar surface area (TPSA) is 68.3 Å². The second-order valence-electron chi connectivity index (χ2n) is 4.81. The lowest BCUT2D eigenvalue weighted by Gasteiger charge is -2.09. The van der Waals surface area contributed by atoms with Crippen molar-refractivity contribution >= 4 is 33.5 Å². The molecule has 4 nitrogen and oxygen atoms in total. The molecular weight excluding hydrogens is 252 g/mol. The summed E-state index contributed by atoms with van der Waals surface area (Å²) in [5.41, 5.74) is 8.10. The van der Waals surface area contributed by atoms with Crippen molar-refractivity contribution in [2.75, 3.05) is 5.32 Å². The molecule has 0 fully saturated rings. The molecule has 3 N–H and O–H groups in total. The van der Waals surface area contributed by atoms with Crippen LogP contribution in [-0.2, 0) is 4.79 Å². The van der Waals surface area contributed by atoms with E-state index < -0.39 is 6.04 Å². The van der Waals surface area contributed by atoms with Gasteiger partial charge in [-0.15, -0.1) is 0 Å². The molecule has 20 heavy (non-hydrogen) atoms. The molecule has 102 valence electrons. The lowest BCUT2D eigenvalue weighted by molar-refractivity contribution is -0.117. The van der Waals surface area contributed by atoms with Crippen LogP contribution in [0.2, 0.25) is 0 Å². The van der Waals surface area contributed by atoms with Gasteiger partial charge in [-0.25, -0.2) is 0 Å². The Kier molecular flexibility index (Phi) is 3.16. The minimum Gasteiger partial charge on any atom is -0.456 e. The van der Waals surface area contributed by atoms with Crippen LogP contribution in [0.3, 0.4) is 0 Å². The maximum absolute atomic E-state index is 11.8. The average Bonchev–Trinajstić information content (AvgIpc) is 2.84. The molecule has 0 aliphatic rings. The van der Waals surface area contributed by atoms with Crippen molar-refractivity contribution in [3.05, 3.63) is 42.5 Å². The Morgan fingerprint density at radius 3 is 2.75 bits per heavy atom. The van der Waals surface area contributed by atoms with E-state index in [0.717, 1.165) is 27.6 Å². The first-order valence-corrected chi connectivity index (χ1v) is 6.67. The maximum atomic E-state index is 11.8. The summed E-state index contributed by atoms with van der Waals surface area (Å²) < 4.78 is 5.74. The van der Waals surface area contributed by atoms with Gasteiger partial charge in [-0.3, -0.25) is 4.79 Å². The van der Waals surface area contributed by atoms with E-state index in [0.29, 0.717) is 6.42 Å². The summed E-state index contributed by atoms with van der Waals surface area (Å²) in [5, 5.41) is 4.86. The Hall–Kier alpha value is -2.33. The number of furan rings is 1. The number of nitrogens with one attached hydrogen (secondary N) is 1. The monoisotopic (exact) mass is 268 g/mol. The Morgan fingerprint density at radius 1 is 1.20 bits per heavy atom. The maximum Gasteiger partial charge on any atom is 0.241 e. The Balaban J connectivity index is 2.01. The summed E-state index contributed by atoms with van der Waals surface area (Å²) in [6, 6.07) is 13.0. The number of hydrogen-bond donors (Lipinski definition) is 2. The SMILES string of the molecule is CC[C@H](N)C(=O)Nc1ccc2oc3ccccc3c2c1. The quantitative estimate of drug-likeness (QED) is 0.766. The fraction of sp³-hybridized carbons (Fsp3) is 0.188. The van der Waals surface area contributed by atoms with Gasteiger partial charge in [0.05, 0.1) is 6.04 Å². The van der Waals surface area contributed by atoms with E-state index in [1.807, 2.05) is 49.4 Å². The molecule has 1 amide bonds. The number of para-hydroxylation sites is 1. The van der Waals surface area contributed by atoms with Gasteiger partial charge in [-0.2, -0.15) is 0 Å². The van der Waals surface area contributed by atoms with E-state index in [-0.39, 0.29) is 5.91 Å². The molecule has 0 bridgehead atoms. The lowest BCUT2D eigenvalue weighted by Crippen LogP contribution is -2.34. The minimum absolute atomic E-state index is 0.167. The summed E-state index contributed by atoms with van der Waals surface area (Å²) in [5.74, 6) is -0.167. The summed E-state index contributed by atoms with van der Waals surface area (Å²) in [7, 11) is 0. The molecule has 0 radical (unpaired) electrons. The van der Waals surface area contributed by atoms with Crippen LogP contribution >= 0.6 is 0 Å². The number of carbonyl (C=O) groups excluding carboxylic acids is 1. The van der Waals surface area contributed by atoms with Crippen molar-refractivity contribution in [3.63, 3.8) is 0 Å². The first kappa shape index (κ1) is 12.7. The summed E-state index contributed by atoms with van der Waals surface area (Å²) in [6.07, 6.45) is 0.614. The minimum atomic E-state index is -0.480. The number of nitrogens with two attached hydrogens (primary N) is 1. The Bertz CT molecular complexity index is 776. The van der Waals surface area contributed by atoms with Gasteiger partial charge in [-0.05, 0) is 30.7 Å². The van der Waals surface area contributed by atoms with Gasteiger partial charge in [0.2, 0.25) is 5.91 Å². The van der Waals surface area contributed by atoms with E-state index >= 15 is 0 Å². The molecule has 1 atom stereocenters. The summed E-state index contributed by atoms with van der Waals surface area (Å²) in [6.45, 7) is 1.89. The normalized spacial score (nSPS) is 12.7. The average molecular weight is 268 g/mol. The fourth-order valence-electron chi connectivity index (χ4n) is 2.22. The zero-order chi connectivity index (χ0) is 14.1. The van der Waals surface area contributed by atoms with Crippen LogP contribution in [0.25, 0.3) is 21.9 Å². The first-order valence-electron chi connectivity index (χ1n) is 6.67. The van der Waals surface area contributed by atoms with Gasteiger partial charge < -0.3 is 15.5 Å². The fourth-order valence-corrected chi connectivity index (χ4v) is 2.22. The van der Waals surface area contributed by atoms with E-state index in [1.165, 1.54) is 0 Å². The highest BCUT2D eigenvalue weighted by molar-refractivity contribution is 6.07. The van der Waals surface area contributed by atoms with Crippen molar-refractivity contribution in [1.82, 2.24) is 0 Å². The predicted octanol–water partition coefficient (Wildman–Crippen LogP) is 3.26. The summed E-state index contributed by atoms with van der Waals surface area (Å²) >= 11 is 0. The van der Waals surface area contributed by atoms with Crippen LogP contribution in [0.1, 0.15) is 13.3 Å². The lowest BCUT2D eigenvalue weighted by atomic mass is 10.1. The van der Waals surface area contributed by atoms with Crippen molar-refractivity contribution in [3.8, 4) is 0 Å². The second-order valence-corrected chi connectivity index (χ2v) is 4.81. The number of benzene rings is 2. The van der Waals surface area contributed by atoms with Gasteiger partial charge in [0.1, 0.15) is 11.2 Å². The highest BCUT2D eigenvalue weighted by Gasteiger charge is 2.12. The van der Waals surface area contributed by atoms with Gasteiger partial charge in [0, 0.05) is 16.5 Å². The second kappa shape index (κ2) is 4.98. The summed E-state index contributed by atoms with van der Waals surface area (Å²) in [4.78, 5) is 11.8. The van der Waals surface area contributed by atoms with Crippen LogP contribution in [0.4, 0.5) is 5.69 Å². The predicted molar refractivity (Wildman–Crippen MR) is 80.6 cm³/mol.